The number of halogens is 4. The lowest BCUT2D eigenvalue weighted by Crippen LogP contribution is -2.51. The number of carbonyl (C=O) groups excluding carboxylic acids is 1. The molecular formula is C25H27ClF3NO6S. The summed E-state index contributed by atoms with van der Waals surface area (Å²) in [5.41, 5.74) is -1.82. The van der Waals surface area contributed by atoms with Crippen molar-refractivity contribution >= 4 is 33.0 Å². The van der Waals surface area contributed by atoms with E-state index in [0.29, 0.717) is 18.6 Å². The number of benzene rings is 2. The van der Waals surface area contributed by atoms with Gasteiger partial charge in [0.1, 0.15) is 0 Å². The summed E-state index contributed by atoms with van der Waals surface area (Å²) in [6.07, 6.45) is -0.404. The van der Waals surface area contributed by atoms with E-state index in [9.17, 15) is 41.7 Å². The van der Waals surface area contributed by atoms with Crippen LogP contribution in [0.4, 0.5) is 18.9 Å². The van der Waals surface area contributed by atoms with Crippen molar-refractivity contribution in [2.45, 2.75) is 54.5 Å². The third-order valence-electron chi connectivity index (χ3n) is 7.71. The molecule has 37 heavy (non-hydrogen) atoms. The minimum Gasteiger partial charge on any atom is -0.394 e. The van der Waals surface area contributed by atoms with Gasteiger partial charge >= 0.3 is 0 Å². The lowest BCUT2D eigenvalue weighted by Gasteiger charge is -2.44. The summed E-state index contributed by atoms with van der Waals surface area (Å²) in [4.78, 5) is 12.4. The van der Waals surface area contributed by atoms with Crippen molar-refractivity contribution in [3.63, 3.8) is 0 Å². The van der Waals surface area contributed by atoms with E-state index in [4.69, 9.17) is 11.6 Å². The highest BCUT2D eigenvalue weighted by Gasteiger charge is 2.58. The van der Waals surface area contributed by atoms with E-state index in [0.717, 1.165) is 6.07 Å². The number of fused-ring (bicyclic) bond motifs is 2. The standard InChI is InChI=1S/C25H27ClF3NO6S/c1-12-4-14-6-17(9-18(12)25(14,34)10-16(32)11-31)37(35,36)22-5-13(2-3-19(22)26)24(33)30-15-7-20(27)23(29)21(28)8-15/h2-3,5,7-8,12,14,16-18,31-32,34H,4,6,9-11H2,1H3,(H,30,33)/t12-,14?,16?,17?,18?,25+/m0/s1. The summed E-state index contributed by atoms with van der Waals surface area (Å²) in [6.45, 7) is 1.40. The zero-order chi connectivity index (χ0) is 27.3. The van der Waals surface area contributed by atoms with Gasteiger partial charge < -0.3 is 20.6 Å². The molecule has 2 bridgehead atoms. The Labute approximate surface area is 217 Å². The smallest absolute Gasteiger partial charge is 0.255 e. The molecule has 2 aliphatic carbocycles. The topological polar surface area (TPSA) is 124 Å². The van der Waals surface area contributed by atoms with E-state index in [1.165, 1.54) is 12.1 Å². The number of aliphatic hydroxyl groups is 3. The number of aliphatic hydroxyl groups excluding tert-OH is 2. The summed E-state index contributed by atoms with van der Waals surface area (Å²) in [5.74, 6) is -6.43. The Morgan fingerprint density at radius 2 is 1.81 bits per heavy atom. The summed E-state index contributed by atoms with van der Waals surface area (Å²) in [6, 6.07) is 4.73. The molecule has 2 aromatic carbocycles. The van der Waals surface area contributed by atoms with Gasteiger partial charge in [-0.05, 0) is 55.2 Å². The van der Waals surface area contributed by atoms with Gasteiger partial charge in [0, 0.05) is 29.8 Å². The number of hydrogen-bond acceptors (Lipinski definition) is 6. The van der Waals surface area contributed by atoms with Crippen molar-refractivity contribution < 1.29 is 41.7 Å². The molecule has 2 fully saturated rings. The van der Waals surface area contributed by atoms with Gasteiger partial charge in [-0.3, -0.25) is 4.79 Å². The molecule has 0 heterocycles. The van der Waals surface area contributed by atoms with Crippen LogP contribution in [-0.2, 0) is 9.84 Å². The SMILES string of the molecule is C[C@H]1CC2CC(S(=O)(=O)c3cc(C(=O)Nc4cc(F)c(F)c(F)c4)ccc3Cl)CC1[C@@]2(O)CC(O)CO. The van der Waals surface area contributed by atoms with Crippen LogP contribution in [0.15, 0.2) is 35.2 Å². The maximum atomic E-state index is 13.7. The predicted octanol–water partition coefficient (Wildman–Crippen LogP) is 3.69. The number of rotatable bonds is 7. The molecule has 1 amide bonds. The third kappa shape index (κ3) is 5.12. The van der Waals surface area contributed by atoms with E-state index < -0.39 is 68.6 Å². The van der Waals surface area contributed by atoms with Crippen LogP contribution in [0, 0.1) is 35.2 Å². The van der Waals surface area contributed by atoms with Crippen LogP contribution in [0.3, 0.4) is 0 Å². The molecule has 12 heteroatoms. The van der Waals surface area contributed by atoms with Gasteiger partial charge in [0.2, 0.25) is 0 Å². The molecule has 6 atom stereocenters. The lowest BCUT2D eigenvalue weighted by atomic mass is 9.70. The van der Waals surface area contributed by atoms with Crippen molar-refractivity contribution in [1.82, 2.24) is 0 Å². The van der Waals surface area contributed by atoms with E-state index in [-0.39, 0.29) is 46.3 Å². The third-order valence-corrected chi connectivity index (χ3v) is 10.4. The first-order chi connectivity index (χ1) is 17.3. The van der Waals surface area contributed by atoms with Gasteiger partial charge in [-0.1, -0.05) is 18.5 Å². The van der Waals surface area contributed by atoms with Crippen LogP contribution in [0.5, 0.6) is 0 Å². The highest BCUT2D eigenvalue weighted by Crippen LogP contribution is 2.56. The zero-order valence-corrected chi connectivity index (χ0v) is 21.4. The van der Waals surface area contributed by atoms with Crippen molar-refractivity contribution in [2.24, 2.45) is 17.8 Å². The molecule has 4 unspecified atom stereocenters. The number of amides is 1. The van der Waals surface area contributed by atoms with E-state index in [1.54, 1.807) is 0 Å². The predicted molar refractivity (Wildman–Crippen MR) is 129 cm³/mol. The van der Waals surface area contributed by atoms with E-state index in [2.05, 4.69) is 5.32 Å². The Kier molecular flexibility index (Phi) is 7.66. The van der Waals surface area contributed by atoms with Crippen molar-refractivity contribution in [3.05, 3.63) is 58.4 Å². The van der Waals surface area contributed by atoms with Crippen LogP contribution >= 0.6 is 11.6 Å². The minimum atomic E-state index is -4.08. The van der Waals surface area contributed by atoms with Crippen LogP contribution in [0.25, 0.3) is 0 Å². The zero-order valence-electron chi connectivity index (χ0n) is 19.8. The first-order valence-electron chi connectivity index (χ1n) is 11.8. The quantitative estimate of drug-likeness (QED) is 0.382. The fraction of sp³-hybridized carbons (Fsp3) is 0.480. The first-order valence-corrected chi connectivity index (χ1v) is 13.7. The van der Waals surface area contributed by atoms with E-state index in [1.807, 2.05) is 6.92 Å². The Balaban J connectivity index is 1.59. The minimum absolute atomic E-state index is 0.00910. The molecule has 4 rings (SSSR count). The van der Waals surface area contributed by atoms with Crippen LogP contribution in [0.2, 0.25) is 5.02 Å². The van der Waals surface area contributed by atoms with Crippen LogP contribution < -0.4 is 5.32 Å². The van der Waals surface area contributed by atoms with Crippen molar-refractivity contribution in [2.75, 3.05) is 11.9 Å². The molecule has 2 saturated carbocycles. The van der Waals surface area contributed by atoms with Crippen LogP contribution in [0.1, 0.15) is 43.0 Å². The molecule has 0 saturated heterocycles. The van der Waals surface area contributed by atoms with E-state index >= 15 is 0 Å². The van der Waals surface area contributed by atoms with Gasteiger partial charge in [0.15, 0.2) is 27.3 Å². The first kappa shape index (κ1) is 27.8. The van der Waals surface area contributed by atoms with Gasteiger partial charge in [-0.2, -0.15) is 0 Å². The molecule has 0 spiro atoms. The van der Waals surface area contributed by atoms with Crippen molar-refractivity contribution in [3.8, 4) is 0 Å². The highest BCUT2D eigenvalue weighted by molar-refractivity contribution is 7.92. The molecule has 7 nitrogen and oxygen atoms in total. The highest BCUT2D eigenvalue weighted by atomic mass is 35.5. The Morgan fingerprint density at radius 3 is 2.41 bits per heavy atom. The number of sulfone groups is 1. The number of hydrogen-bond donors (Lipinski definition) is 4. The molecule has 2 aromatic rings. The molecule has 0 radical (unpaired) electrons. The second-order valence-corrected chi connectivity index (χ2v) is 12.6. The van der Waals surface area contributed by atoms with Gasteiger partial charge in [-0.15, -0.1) is 0 Å². The number of nitrogens with one attached hydrogen (secondary N) is 1. The summed E-state index contributed by atoms with van der Waals surface area (Å²) in [5, 5.41) is 31.7. The second-order valence-electron chi connectivity index (χ2n) is 10.0. The fourth-order valence-electron chi connectivity index (χ4n) is 5.93. The molecule has 0 aliphatic heterocycles. The Morgan fingerprint density at radius 1 is 1.16 bits per heavy atom. The molecule has 2 aliphatic rings. The normalized spacial score (nSPS) is 28.2. The summed E-state index contributed by atoms with van der Waals surface area (Å²) in [7, 11) is -4.08. The Bertz CT molecular complexity index is 1300. The van der Waals surface area contributed by atoms with Gasteiger partial charge in [-0.25, -0.2) is 21.6 Å². The maximum Gasteiger partial charge on any atom is 0.255 e. The summed E-state index contributed by atoms with van der Waals surface area (Å²) >= 11 is 6.22. The largest absolute Gasteiger partial charge is 0.394 e. The number of anilines is 1. The van der Waals surface area contributed by atoms with Crippen molar-refractivity contribution in [1.29, 1.82) is 0 Å². The average molecular weight is 562 g/mol. The lowest BCUT2D eigenvalue weighted by molar-refractivity contribution is -0.0992. The summed E-state index contributed by atoms with van der Waals surface area (Å²) < 4.78 is 67.5. The Hall–Kier alpha value is -2.18. The van der Waals surface area contributed by atoms with Gasteiger partial charge in [0.25, 0.3) is 5.91 Å². The molecule has 0 aromatic heterocycles. The van der Waals surface area contributed by atoms with Gasteiger partial charge in [0.05, 0.1) is 33.5 Å². The molecular weight excluding hydrogens is 535 g/mol. The van der Waals surface area contributed by atoms with Crippen LogP contribution in [-0.4, -0.2) is 53.2 Å². The monoisotopic (exact) mass is 561 g/mol. The average Bonchev–Trinajstić information content (AvgIpc) is 2.95. The maximum absolute atomic E-state index is 13.7. The number of carbonyl (C=O) groups is 1. The molecule has 4 N–H and O–H groups in total. The fourth-order valence-corrected chi connectivity index (χ4v) is 8.31. The second kappa shape index (κ2) is 10.2. The molecule has 202 valence electrons.